The van der Waals surface area contributed by atoms with Gasteiger partial charge in [0.15, 0.2) is 5.43 Å². The predicted octanol–water partition coefficient (Wildman–Crippen LogP) is 6.71. The van der Waals surface area contributed by atoms with Crippen molar-refractivity contribution in [2.24, 2.45) is 0 Å². The van der Waals surface area contributed by atoms with Crippen LogP contribution in [0.1, 0.15) is 64.6 Å². The maximum absolute atomic E-state index is 12.9. The van der Waals surface area contributed by atoms with E-state index in [4.69, 9.17) is 0 Å². The number of aryl methyl sites for hydroxylation is 1. The van der Waals surface area contributed by atoms with E-state index in [1.165, 1.54) is 28.9 Å². The Morgan fingerprint density at radius 3 is 2.30 bits per heavy atom. The Morgan fingerprint density at radius 2 is 1.67 bits per heavy atom. The Morgan fingerprint density at radius 1 is 1.03 bits per heavy atom. The molecule has 0 radical (unpaired) electrons. The molecule has 0 atom stereocenters. The summed E-state index contributed by atoms with van der Waals surface area (Å²) in [6.07, 6.45) is 11.3. The van der Waals surface area contributed by atoms with E-state index in [1.54, 1.807) is 6.07 Å². The average molecular weight is 409 g/mol. The SMILES string of the molecule is CC(C)=CCC/C(C)=C/CC/C(C)=C/Cc1c(C)[nH]c2ccc([N+](=O)[O-])cc2c1=O. The van der Waals surface area contributed by atoms with E-state index in [0.29, 0.717) is 22.9 Å². The molecule has 0 aliphatic rings. The molecule has 160 valence electrons. The van der Waals surface area contributed by atoms with Crippen LogP contribution in [-0.4, -0.2) is 9.91 Å². The molecule has 0 aliphatic carbocycles. The number of aromatic nitrogens is 1. The molecule has 0 amide bonds. The summed E-state index contributed by atoms with van der Waals surface area (Å²) < 4.78 is 0. The van der Waals surface area contributed by atoms with Gasteiger partial charge in [0.05, 0.1) is 10.3 Å². The Labute approximate surface area is 178 Å². The lowest BCUT2D eigenvalue weighted by atomic mass is 10.0. The third kappa shape index (κ3) is 6.55. The highest BCUT2D eigenvalue weighted by Crippen LogP contribution is 2.19. The molecule has 5 nitrogen and oxygen atoms in total. The van der Waals surface area contributed by atoms with Crippen LogP contribution >= 0.6 is 0 Å². The number of hydrogen-bond acceptors (Lipinski definition) is 3. The molecule has 0 saturated carbocycles. The first-order chi connectivity index (χ1) is 14.2. The van der Waals surface area contributed by atoms with Crippen LogP contribution in [0.3, 0.4) is 0 Å². The van der Waals surface area contributed by atoms with Gasteiger partial charge in [0.25, 0.3) is 5.69 Å². The molecule has 0 saturated heterocycles. The zero-order valence-corrected chi connectivity index (χ0v) is 18.7. The molecule has 0 unspecified atom stereocenters. The van der Waals surface area contributed by atoms with Gasteiger partial charge in [0.1, 0.15) is 0 Å². The van der Waals surface area contributed by atoms with Gasteiger partial charge in [-0.15, -0.1) is 0 Å². The van der Waals surface area contributed by atoms with Gasteiger partial charge in [-0.1, -0.05) is 34.9 Å². The molecule has 2 rings (SSSR count). The molecular weight excluding hydrogens is 376 g/mol. The summed E-state index contributed by atoms with van der Waals surface area (Å²) in [5.41, 5.74) is 5.89. The van der Waals surface area contributed by atoms with Gasteiger partial charge in [0, 0.05) is 28.9 Å². The number of benzene rings is 1. The van der Waals surface area contributed by atoms with Crippen molar-refractivity contribution in [1.29, 1.82) is 0 Å². The molecule has 1 heterocycles. The van der Waals surface area contributed by atoms with E-state index < -0.39 is 4.92 Å². The smallest absolute Gasteiger partial charge is 0.270 e. The van der Waals surface area contributed by atoms with E-state index in [1.807, 2.05) is 6.92 Å². The molecular formula is C25H32N2O3. The fourth-order valence-electron chi connectivity index (χ4n) is 3.41. The second-order valence-corrected chi connectivity index (χ2v) is 8.21. The average Bonchev–Trinajstić information content (AvgIpc) is 2.67. The summed E-state index contributed by atoms with van der Waals surface area (Å²) in [5, 5.41) is 11.4. The highest BCUT2D eigenvalue weighted by Gasteiger charge is 2.12. The topological polar surface area (TPSA) is 76.0 Å². The number of allylic oxidation sites excluding steroid dienone is 6. The zero-order valence-electron chi connectivity index (χ0n) is 18.7. The summed E-state index contributed by atoms with van der Waals surface area (Å²) >= 11 is 0. The van der Waals surface area contributed by atoms with Gasteiger partial charge in [0.2, 0.25) is 0 Å². The van der Waals surface area contributed by atoms with Gasteiger partial charge in [-0.25, -0.2) is 0 Å². The molecule has 0 aliphatic heterocycles. The standard InChI is InChI=1S/C25H32N2O3/c1-17(2)8-6-9-18(3)10-7-11-19(4)12-14-22-20(5)26-24-15-13-21(27(29)30)16-23(24)25(22)28/h8,10,12-13,15-16H,6-7,9,11,14H2,1-5H3,(H,26,28)/b18-10+,19-12+. The Kier molecular flexibility index (Phi) is 8.34. The molecule has 1 N–H and O–H groups in total. The number of pyridine rings is 1. The van der Waals surface area contributed by atoms with E-state index in [2.05, 4.69) is 50.9 Å². The first kappa shape index (κ1) is 23.3. The second-order valence-electron chi connectivity index (χ2n) is 8.21. The number of nitro groups is 1. The third-order valence-corrected chi connectivity index (χ3v) is 5.28. The van der Waals surface area contributed by atoms with Crippen molar-refractivity contribution < 1.29 is 4.92 Å². The second kappa shape index (κ2) is 10.7. The first-order valence-electron chi connectivity index (χ1n) is 10.4. The van der Waals surface area contributed by atoms with E-state index in [-0.39, 0.29) is 11.1 Å². The van der Waals surface area contributed by atoms with Crippen molar-refractivity contribution in [2.75, 3.05) is 0 Å². The van der Waals surface area contributed by atoms with E-state index >= 15 is 0 Å². The van der Waals surface area contributed by atoms with Crippen LogP contribution in [0.2, 0.25) is 0 Å². The number of non-ortho nitro benzene ring substituents is 1. The van der Waals surface area contributed by atoms with Crippen LogP contribution in [0.5, 0.6) is 0 Å². The lowest BCUT2D eigenvalue weighted by Crippen LogP contribution is -2.13. The van der Waals surface area contributed by atoms with Crippen LogP contribution in [0.4, 0.5) is 5.69 Å². The Balaban J connectivity index is 2.08. The van der Waals surface area contributed by atoms with Crippen LogP contribution in [-0.2, 0) is 6.42 Å². The number of H-pyrrole nitrogens is 1. The van der Waals surface area contributed by atoms with Crippen LogP contribution in [0.25, 0.3) is 10.9 Å². The Bertz CT molecular complexity index is 1070. The number of nitrogens with one attached hydrogen (secondary N) is 1. The van der Waals surface area contributed by atoms with Crippen molar-refractivity contribution in [3.63, 3.8) is 0 Å². The van der Waals surface area contributed by atoms with Gasteiger partial charge in [-0.05, 0) is 72.8 Å². The van der Waals surface area contributed by atoms with Gasteiger partial charge in [-0.3, -0.25) is 14.9 Å². The molecule has 5 heteroatoms. The van der Waals surface area contributed by atoms with Crippen molar-refractivity contribution in [3.05, 3.63) is 84.7 Å². The van der Waals surface area contributed by atoms with Gasteiger partial charge < -0.3 is 4.98 Å². The fraction of sp³-hybridized carbons (Fsp3) is 0.400. The number of rotatable bonds is 9. The summed E-state index contributed by atoms with van der Waals surface area (Å²) in [7, 11) is 0. The predicted molar refractivity (Wildman–Crippen MR) is 125 cm³/mol. The number of hydrogen-bond donors (Lipinski definition) is 1. The Hall–Kier alpha value is -2.95. The largest absolute Gasteiger partial charge is 0.358 e. The van der Waals surface area contributed by atoms with Crippen molar-refractivity contribution in [1.82, 2.24) is 4.98 Å². The molecule has 2 aromatic rings. The normalized spacial score (nSPS) is 12.3. The highest BCUT2D eigenvalue weighted by atomic mass is 16.6. The summed E-state index contributed by atoms with van der Waals surface area (Å²) in [6, 6.07) is 4.37. The monoisotopic (exact) mass is 408 g/mol. The van der Waals surface area contributed by atoms with E-state index in [0.717, 1.165) is 31.4 Å². The van der Waals surface area contributed by atoms with E-state index in [9.17, 15) is 14.9 Å². The fourth-order valence-corrected chi connectivity index (χ4v) is 3.41. The molecule has 0 fully saturated rings. The number of nitrogens with zero attached hydrogens (tertiary/aromatic N) is 1. The van der Waals surface area contributed by atoms with Crippen LogP contribution in [0.15, 0.2) is 57.9 Å². The number of nitro benzene ring substituents is 1. The van der Waals surface area contributed by atoms with Crippen molar-refractivity contribution in [3.8, 4) is 0 Å². The lowest BCUT2D eigenvalue weighted by Gasteiger charge is -2.07. The first-order valence-corrected chi connectivity index (χ1v) is 10.4. The minimum atomic E-state index is -0.475. The van der Waals surface area contributed by atoms with Crippen molar-refractivity contribution >= 4 is 16.6 Å². The van der Waals surface area contributed by atoms with Crippen molar-refractivity contribution in [2.45, 2.75) is 66.7 Å². The molecule has 1 aromatic carbocycles. The van der Waals surface area contributed by atoms with Crippen LogP contribution in [0, 0.1) is 17.0 Å². The third-order valence-electron chi connectivity index (χ3n) is 5.28. The minimum absolute atomic E-state index is 0.0683. The van der Waals surface area contributed by atoms with Gasteiger partial charge in [-0.2, -0.15) is 0 Å². The number of fused-ring (bicyclic) bond motifs is 1. The summed E-state index contributed by atoms with van der Waals surface area (Å²) in [4.78, 5) is 26.7. The maximum Gasteiger partial charge on any atom is 0.270 e. The minimum Gasteiger partial charge on any atom is -0.358 e. The maximum atomic E-state index is 12.9. The zero-order chi connectivity index (χ0) is 22.3. The molecule has 0 bridgehead atoms. The summed E-state index contributed by atoms with van der Waals surface area (Å²) in [6.45, 7) is 10.4. The van der Waals surface area contributed by atoms with Crippen LogP contribution < -0.4 is 5.43 Å². The lowest BCUT2D eigenvalue weighted by molar-refractivity contribution is -0.384. The summed E-state index contributed by atoms with van der Waals surface area (Å²) in [5.74, 6) is 0. The molecule has 0 spiro atoms. The molecule has 1 aromatic heterocycles. The number of aromatic amines is 1. The quantitative estimate of drug-likeness (QED) is 0.285. The highest BCUT2D eigenvalue weighted by molar-refractivity contribution is 5.81. The van der Waals surface area contributed by atoms with Gasteiger partial charge >= 0.3 is 0 Å². The molecule has 30 heavy (non-hydrogen) atoms.